The van der Waals surface area contributed by atoms with Crippen molar-refractivity contribution >= 4 is 21.6 Å². The van der Waals surface area contributed by atoms with Gasteiger partial charge >= 0.3 is 0 Å². The van der Waals surface area contributed by atoms with Crippen molar-refractivity contribution in [3.05, 3.63) is 54.1 Å². The van der Waals surface area contributed by atoms with E-state index < -0.39 is 10.0 Å². The van der Waals surface area contributed by atoms with Crippen molar-refractivity contribution in [1.82, 2.24) is 4.31 Å². The lowest BCUT2D eigenvalue weighted by molar-refractivity contribution is -0.115. The minimum Gasteiger partial charge on any atom is -0.497 e. The Balaban J connectivity index is 1.65. The van der Waals surface area contributed by atoms with E-state index in [1.54, 1.807) is 35.7 Å². The summed E-state index contributed by atoms with van der Waals surface area (Å²) < 4.78 is 32.8. The molecule has 29 heavy (non-hydrogen) atoms. The van der Waals surface area contributed by atoms with Gasteiger partial charge in [-0.15, -0.1) is 0 Å². The first-order valence-corrected chi connectivity index (χ1v) is 11.4. The van der Waals surface area contributed by atoms with E-state index in [0.717, 1.165) is 37.0 Å². The molecule has 1 aliphatic heterocycles. The summed E-state index contributed by atoms with van der Waals surface area (Å²) in [5, 5.41) is 2.82. The van der Waals surface area contributed by atoms with Gasteiger partial charge in [-0.25, -0.2) is 8.42 Å². The maximum atomic E-state index is 13.0. The van der Waals surface area contributed by atoms with Crippen LogP contribution in [0.1, 0.15) is 38.2 Å². The molecule has 0 radical (unpaired) electrons. The molecule has 2 aromatic carbocycles. The number of nitrogens with one attached hydrogen (secondary N) is 1. The molecule has 156 valence electrons. The van der Waals surface area contributed by atoms with Crippen molar-refractivity contribution in [2.75, 3.05) is 19.0 Å². The van der Waals surface area contributed by atoms with Crippen LogP contribution >= 0.6 is 0 Å². The molecule has 1 fully saturated rings. The van der Waals surface area contributed by atoms with Gasteiger partial charge in [0.1, 0.15) is 5.75 Å². The number of rotatable bonds is 7. The standard InChI is InChI=1S/C22H28N2O4S/c1-3-19-6-4-5-15-24(19)29(26,27)21-13-9-18(10-14-21)23-22(25)16-17-7-11-20(28-2)12-8-17/h7-14,19H,3-6,15-16H2,1-2H3,(H,23,25). The van der Waals surface area contributed by atoms with Crippen molar-refractivity contribution in [2.24, 2.45) is 0 Å². The Labute approximate surface area is 172 Å². The quantitative estimate of drug-likeness (QED) is 0.744. The molecular formula is C22H28N2O4S. The molecule has 0 aliphatic carbocycles. The molecule has 1 N–H and O–H groups in total. The Morgan fingerprint density at radius 1 is 1.10 bits per heavy atom. The summed E-state index contributed by atoms with van der Waals surface area (Å²) in [6.07, 6.45) is 3.93. The fourth-order valence-corrected chi connectivity index (χ4v) is 5.45. The summed E-state index contributed by atoms with van der Waals surface area (Å²) >= 11 is 0. The largest absolute Gasteiger partial charge is 0.497 e. The van der Waals surface area contributed by atoms with E-state index in [1.165, 1.54) is 0 Å². The van der Waals surface area contributed by atoms with Gasteiger partial charge in [-0.1, -0.05) is 25.5 Å². The number of methoxy groups -OCH3 is 1. The smallest absolute Gasteiger partial charge is 0.243 e. The second-order valence-corrected chi connectivity index (χ2v) is 9.16. The predicted molar refractivity (Wildman–Crippen MR) is 114 cm³/mol. The molecule has 0 saturated carbocycles. The second-order valence-electron chi connectivity index (χ2n) is 7.27. The van der Waals surface area contributed by atoms with Crippen LogP contribution in [-0.2, 0) is 21.2 Å². The van der Waals surface area contributed by atoms with Gasteiger partial charge in [0.05, 0.1) is 18.4 Å². The van der Waals surface area contributed by atoms with E-state index >= 15 is 0 Å². The van der Waals surface area contributed by atoms with Crippen LogP contribution in [0.4, 0.5) is 5.69 Å². The number of sulfonamides is 1. The predicted octanol–water partition coefficient (Wildman–Crippen LogP) is 3.83. The van der Waals surface area contributed by atoms with Gasteiger partial charge in [0.15, 0.2) is 0 Å². The third kappa shape index (κ3) is 5.16. The maximum Gasteiger partial charge on any atom is 0.243 e. The highest BCUT2D eigenvalue weighted by molar-refractivity contribution is 7.89. The number of hydrogen-bond donors (Lipinski definition) is 1. The van der Waals surface area contributed by atoms with E-state index in [-0.39, 0.29) is 23.3 Å². The lowest BCUT2D eigenvalue weighted by Gasteiger charge is -2.34. The van der Waals surface area contributed by atoms with Crippen molar-refractivity contribution in [2.45, 2.75) is 50.0 Å². The average Bonchev–Trinajstić information content (AvgIpc) is 2.74. The van der Waals surface area contributed by atoms with Crippen molar-refractivity contribution in [3.63, 3.8) is 0 Å². The van der Waals surface area contributed by atoms with Crippen LogP contribution < -0.4 is 10.1 Å². The summed E-state index contributed by atoms with van der Waals surface area (Å²) in [5.41, 5.74) is 1.45. The normalized spacial score (nSPS) is 17.7. The minimum absolute atomic E-state index is 0.0672. The highest BCUT2D eigenvalue weighted by Crippen LogP contribution is 2.27. The minimum atomic E-state index is -3.51. The number of hydrogen-bond acceptors (Lipinski definition) is 4. The molecule has 1 unspecified atom stereocenters. The number of ether oxygens (including phenoxy) is 1. The molecule has 0 spiro atoms. The number of carbonyl (C=O) groups is 1. The van der Waals surface area contributed by atoms with Crippen LogP contribution in [-0.4, -0.2) is 38.3 Å². The van der Waals surface area contributed by atoms with Gasteiger partial charge < -0.3 is 10.1 Å². The van der Waals surface area contributed by atoms with E-state index in [0.29, 0.717) is 12.2 Å². The summed E-state index contributed by atoms with van der Waals surface area (Å²) in [5.74, 6) is 0.581. The van der Waals surface area contributed by atoms with E-state index in [9.17, 15) is 13.2 Å². The Kier molecular flexibility index (Phi) is 6.92. The van der Waals surface area contributed by atoms with Crippen LogP contribution in [0.25, 0.3) is 0 Å². The average molecular weight is 417 g/mol. The maximum absolute atomic E-state index is 13.0. The van der Waals surface area contributed by atoms with Gasteiger partial charge in [-0.3, -0.25) is 4.79 Å². The Morgan fingerprint density at radius 3 is 2.41 bits per heavy atom. The number of piperidine rings is 1. The molecule has 6 nitrogen and oxygen atoms in total. The van der Waals surface area contributed by atoms with Gasteiger partial charge in [0.2, 0.25) is 15.9 Å². The van der Waals surface area contributed by atoms with E-state index in [2.05, 4.69) is 5.32 Å². The third-order valence-electron chi connectivity index (χ3n) is 5.31. The summed E-state index contributed by atoms with van der Waals surface area (Å²) in [4.78, 5) is 12.5. The lowest BCUT2D eigenvalue weighted by atomic mass is 10.0. The number of benzene rings is 2. The van der Waals surface area contributed by atoms with Crippen LogP contribution in [0.15, 0.2) is 53.4 Å². The Bertz CT molecular complexity index is 924. The van der Waals surface area contributed by atoms with Gasteiger partial charge in [0.25, 0.3) is 0 Å². The molecular weight excluding hydrogens is 388 g/mol. The molecule has 1 saturated heterocycles. The monoisotopic (exact) mass is 416 g/mol. The molecule has 3 rings (SSSR count). The molecule has 7 heteroatoms. The topological polar surface area (TPSA) is 75.7 Å². The third-order valence-corrected chi connectivity index (χ3v) is 7.28. The first kappa shape index (κ1) is 21.3. The summed E-state index contributed by atoms with van der Waals surface area (Å²) in [6.45, 7) is 2.60. The first-order valence-electron chi connectivity index (χ1n) is 9.98. The van der Waals surface area contributed by atoms with Crippen molar-refractivity contribution in [1.29, 1.82) is 0 Å². The Morgan fingerprint density at radius 2 is 1.79 bits per heavy atom. The number of carbonyl (C=O) groups excluding carboxylic acids is 1. The molecule has 1 amide bonds. The second kappa shape index (κ2) is 9.41. The van der Waals surface area contributed by atoms with Gasteiger partial charge in [-0.2, -0.15) is 4.31 Å². The van der Waals surface area contributed by atoms with E-state index in [1.807, 2.05) is 31.2 Å². The van der Waals surface area contributed by atoms with E-state index in [4.69, 9.17) is 4.74 Å². The fourth-order valence-electron chi connectivity index (χ4n) is 3.68. The van der Waals surface area contributed by atoms with Crippen molar-refractivity contribution in [3.8, 4) is 5.75 Å². The number of anilines is 1. The van der Waals surface area contributed by atoms with Crippen LogP contribution in [0.3, 0.4) is 0 Å². The van der Waals surface area contributed by atoms with Crippen molar-refractivity contribution < 1.29 is 17.9 Å². The van der Waals surface area contributed by atoms with Crippen LogP contribution in [0, 0.1) is 0 Å². The number of nitrogens with zero attached hydrogens (tertiary/aromatic N) is 1. The van der Waals surface area contributed by atoms with Crippen LogP contribution in [0.5, 0.6) is 5.75 Å². The lowest BCUT2D eigenvalue weighted by Crippen LogP contribution is -2.43. The molecule has 1 atom stereocenters. The molecule has 1 heterocycles. The summed E-state index contributed by atoms with van der Waals surface area (Å²) in [7, 11) is -1.92. The fraction of sp³-hybridized carbons (Fsp3) is 0.409. The van der Waals surface area contributed by atoms with Gasteiger partial charge in [0, 0.05) is 18.3 Å². The zero-order chi connectivity index (χ0) is 20.9. The zero-order valence-corrected chi connectivity index (χ0v) is 17.7. The highest BCUT2D eigenvalue weighted by atomic mass is 32.2. The van der Waals surface area contributed by atoms with Crippen LogP contribution in [0.2, 0.25) is 0 Å². The molecule has 0 aromatic heterocycles. The first-order chi connectivity index (χ1) is 13.9. The van der Waals surface area contributed by atoms with Gasteiger partial charge in [-0.05, 0) is 61.2 Å². The highest BCUT2D eigenvalue weighted by Gasteiger charge is 2.32. The molecule has 2 aromatic rings. The zero-order valence-electron chi connectivity index (χ0n) is 16.9. The molecule has 0 bridgehead atoms. The number of amides is 1. The summed E-state index contributed by atoms with van der Waals surface area (Å²) in [6, 6.07) is 13.8. The Hall–Kier alpha value is -2.38. The SMILES string of the molecule is CCC1CCCCN1S(=O)(=O)c1ccc(NC(=O)Cc2ccc(OC)cc2)cc1. The molecule has 1 aliphatic rings.